The molecule has 24 heavy (non-hydrogen) atoms. The molecule has 0 amide bonds. The molecule has 0 aliphatic carbocycles. The van der Waals surface area contributed by atoms with Crippen molar-refractivity contribution < 1.29 is 8.82 Å². The third-order valence-electron chi connectivity index (χ3n) is 4.83. The highest BCUT2D eigenvalue weighted by Gasteiger charge is 2.38. The first-order chi connectivity index (χ1) is 11.0. The molecule has 1 aromatic heterocycles. The highest BCUT2D eigenvalue weighted by molar-refractivity contribution is 9.10. The van der Waals surface area contributed by atoms with Crippen LogP contribution in [-0.2, 0) is 4.43 Å². The van der Waals surface area contributed by atoms with Crippen molar-refractivity contribution in [3.63, 3.8) is 0 Å². The van der Waals surface area contributed by atoms with Crippen LogP contribution in [-0.4, -0.2) is 19.9 Å². The molecule has 1 unspecified atom stereocenters. The van der Waals surface area contributed by atoms with E-state index in [9.17, 15) is 4.39 Å². The van der Waals surface area contributed by atoms with E-state index in [1.807, 2.05) is 18.3 Å². The number of nitrogens with one attached hydrogen (secondary N) is 1. The summed E-state index contributed by atoms with van der Waals surface area (Å²) in [4.78, 5) is 3.25. The van der Waals surface area contributed by atoms with Gasteiger partial charge in [0.2, 0.25) is 0 Å². The highest BCUT2D eigenvalue weighted by atomic mass is 79.9. The van der Waals surface area contributed by atoms with Crippen molar-refractivity contribution in [2.45, 2.75) is 44.8 Å². The maximum atomic E-state index is 13.7. The van der Waals surface area contributed by atoms with Crippen molar-refractivity contribution in [3.05, 3.63) is 57.0 Å². The van der Waals surface area contributed by atoms with Gasteiger partial charge in [0.25, 0.3) is 0 Å². The molecule has 0 saturated carbocycles. The maximum absolute atomic E-state index is 13.7. The predicted molar refractivity (Wildman–Crippen MR) is 105 cm³/mol. The van der Waals surface area contributed by atoms with Gasteiger partial charge < -0.3 is 9.41 Å². The Balaban J connectivity index is 2.36. The Labute approximate surface area is 158 Å². The summed E-state index contributed by atoms with van der Waals surface area (Å²) in [7, 11) is -1.89. The SMILES string of the molecule is CC(C)(C)[Si](C)(C)OCC(c1ccc[nH]1)c1cc(Cl)c(F)cc1Br. The predicted octanol–water partition coefficient (Wildman–Crippen LogP) is 6.72. The van der Waals surface area contributed by atoms with Gasteiger partial charge >= 0.3 is 0 Å². The molecule has 1 atom stereocenters. The highest BCUT2D eigenvalue weighted by Crippen LogP contribution is 2.39. The van der Waals surface area contributed by atoms with E-state index in [0.717, 1.165) is 11.3 Å². The van der Waals surface area contributed by atoms with E-state index in [-0.39, 0.29) is 16.0 Å². The Hall–Kier alpha value is -0.623. The molecule has 1 aromatic carbocycles. The molecule has 2 nitrogen and oxygen atoms in total. The van der Waals surface area contributed by atoms with Crippen LogP contribution < -0.4 is 0 Å². The zero-order valence-corrected chi connectivity index (χ0v) is 18.1. The normalized spacial score (nSPS) is 14.0. The fraction of sp³-hybridized carbons (Fsp3) is 0.444. The van der Waals surface area contributed by atoms with Crippen molar-refractivity contribution in [1.29, 1.82) is 0 Å². The molecule has 0 fully saturated rings. The standard InChI is InChI=1S/C18H24BrClFNOSi/c1-18(2,3)24(4,5)23-11-13(17-7-6-8-22-17)12-9-15(20)16(21)10-14(12)19/h6-10,13,22H,11H2,1-5H3. The molecular formula is C18H24BrClFNOSi. The maximum Gasteiger partial charge on any atom is 0.192 e. The van der Waals surface area contributed by atoms with Crippen LogP contribution in [0.1, 0.15) is 37.9 Å². The zero-order valence-electron chi connectivity index (χ0n) is 14.7. The monoisotopic (exact) mass is 431 g/mol. The van der Waals surface area contributed by atoms with Crippen LogP contribution in [0.2, 0.25) is 23.2 Å². The molecule has 0 bridgehead atoms. The average Bonchev–Trinajstić information content (AvgIpc) is 2.97. The fourth-order valence-electron chi connectivity index (χ4n) is 2.22. The van der Waals surface area contributed by atoms with Gasteiger partial charge in [-0.25, -0.2) is 4.39 Å². The Kier molecular flexibility index (Phi) is 6.01. The molecule has 2 rings (SSSR count). The molecule has 0 aliphatic heterocycles. The summed E-state index contributed by atoms with van der Waals surface area (Å²) in [5.74, 6) is -0.468. The van der Waals surface area contributed by atoms with Gasteiger partial charge in [-0.05, 0) is 48.0 Å². The van der Waals surface area contributed by atoms with Crippen molar-refractivity contribution in [3.8, 4) is 0 Å². The second-order valence-corrected chi connectivity index (χ2v) is 13.6. The fourth-order valence-corrected chi connectivity index (χ4v) is 4.00. The second kappa shape index (κ2) is 7.32. The Morgan fingerprint density at radius 1 is 1.33 bits per heavy atom. The first-order valence-corrected chi connectivity index (χ1v) is 12.0. The molecule has 0 saturated heterocycles. The van der Waals surface area contributed by atoms with Gasteiger partial charge in [-0.3, -0.25) is 0 Å². The minimum atomic E-state index is -1.89. The molecule has 1 N–H and O–H groups in total. The van der Waals surface area contributed by atoms with Gasteiger partial charge in [0.15, 0.2) is 8.32 Å². The smallest absolute Gasteiger partial charge is 0.192 e. The Bertz CT molecular complexity index is 698. The molecule has 0 aliphatic rings. The largest absolute Gasteiger partial charge is 0.416 e. The van der Waals surface area contributed by atoms with E-state index in [1.54, 1.807) is 6.07 Å². The first-order valence-electron chi connectivity index (χ1n) is 7.94. The third-order valence-corrected chi connectivity index (χ3v) is 10.3. The summed E-state index contributed by atoms with van der Waals surface area (Å²) in [5.41, 5.74) is 1.94. The van der Waals surface area contributed by atoms with Gasteiger partial charge in [0.05, 0.1) is 5.02 Å². The number of H-pyrrole nitrogens is 1. The number of aromatic nitrogens is 1. The molecule has 1 heterocycles. The molecule has 2 aromatic rings. The lowest BCUT2D eigenvalue weighted by Gasteiger charge is -2.37. The van der Waals surface area contributed by atoms with E-state index in [0.29, 0.717) is 11.1 Å². The minimum Gasteiger partial charge on any atom is -0.416 e. The first kappa shape index (κ1) is 19.7. The number of benzene rings is 1. The van der Waals surface area contributed by atoms with Gasteiger partial charge in [-0.2, -0.15) is 0 Å². The second-order valence-electron chi connectivity index (χ2n) is 7.54. The average molecular weight is 433 g/mol. The topological polar surface area (TPSA) is 25.0 Å². The molecular weight excluding hydrogens is 409 g/mol. The summed E-state index contributed by atoms with van der Waals surface area (Å²) in [6.07, 6.45) is 1.88. The molecule has 0 radical (unpaired) electrons. The Morgan fingerprint density at radius 3 is 2.54 bits per heavy atom. The zero-order chi connectivity index (χ0) is 18.1. The lowest BCUT2D eigenvalue weighted by molar-refractivity contribution is 0.274. The van der Waals surface area contributed by atoms with Gasteiger partial charge in [0, 0.05) is 28.9 Å². The van der Waals surface area contributed by atoms with E-state index in [1.165, 1.54) is 6.07 Å². The molecule has 132 valence electrons. The lowest BCUT2D eigenvalue weighted by atomic mass is 9.97. The van der Waals surface area contributed by atoms with Crippen LogP contribution in [0.3, 0.4) is 0 Å². The van der Waals surface area contributed by atoms with E-state index in [2.05, 4.69) is 54.8 Å². The quantitative estimate of drug-likeness (QED) is 0.411. The van der Waals surface area contributed by atoms with Crippen molar-refractivity contribution in [2.75, 3.05) is 6.61 Å². The van der Waals surface area contributed by atoms with E-state index in [4.69, 9.17) is 16.0 Å². The van der Waals surface area contributed by atoms with Crippen LogP contribution in [0.5, 0.6) is 0 Å². The lowest BCUT2D eigenvalue weighted by Crippen LogP contribution is -2.41. The number of hydrogen-bond acceptors (Lipinski definition) is 1. The van der Waals surface area contributed by atoms with Crippen LogP contribution >= 0.6 is 27.5 Å². The summed E-state index contributed by atoms with van der Waals surface area (Å²) >= 11 is 9.49. The Morgan fingerprint density at radius 2 is 2.00 bits per heavy atom. The van der Waals surface area contributed by atoms with Gasteiger partial charge in [0.1, 0.15) is 5.82 Å². The number of halogens is 3. The third kappa shape index (κ3) is 4.31. The summed E-state index contributed by atoms with van der Waals surface area (Å²) in [6, 6.07) is 7.07. The molecule has 0 spiro atoms. The van der Waals surface area contributed by atoms with E-state index < -0.39 is 14.1 Å². The van der Waals surface area contributed by atoms with Crippen LogP contribution in [0.15, 0.2) is 34.9 Å². The van der Waals surface area contributed by atoms with Crippen LogP contribution in [0, 0.1) is 5.82 Å². The summed E-state index contributed by atoms with van der Waals surface area (Å²) < 4.78 is 20.8. The molecule has 6 heteroatoms. The number of aromatic amines is 1. The van der Waals surface area contributed by atoms with Gasteiger partial charge in [-0.15, -0.1) is 0 Å². The van der Waals surface area contributed by atoms with Crippen molar-refractivity contribution in [2.24, 2.45) is 0 Å². The van der Waals surface area contributed by atoms with Gasteiger partial charge in [-0.1, -0.05) is 48.3 Å². The number of rotatable bonds is 5. The van der Waals surface area contributed by atoms with E-state index >= 15 is 0 Å². The summed E-state index contributed by atoms with van der Waals surface area (Å²) in [6.45, 7) is 11.6. The minimum absolute atomic E-state index is 0.0402. The number of hydrogen-bond donors (Lipinski definition) is 1. The van der Waals surface area contributed by atoms with Crippen molar-refractivity contribution >= 4 is 35.8 Å². The summed E-state index contributed by atoms with van der Waals surface area (Å²) in [5, 5.41) is 0.252. The van der Waals surface area contributed by atoms with Crippen LogP contribution in [0.4, 0.5) is 4.39 Å². The van der Waals surface area contributed by atoms with Crippen molar-refractivity contribution in [1.82, 2.24) is 4.98 Å². The van der Waals surface area contributed by atoms with Crippen LogP contribution in [0.25, 0.3) is 0 Å².